The van der Waals surface area contributed by atoms with Gasteiger partial charge in [0, 0.05) is 18.6 Å². The van der Waals surface area contributed by atoms with Gasteiger partial charge in [0.1, 0.15) is 0 Å². The van der Waals surface area contributed by atoms with Gasteiger partial charge in [0.25, 0.3) is 0 Å². The zero-order valence-electron chi connectivity index (χ0n) is 15.1. The van der Waals surface area contributed by atoms with Crippen molar-refractivity contribution in [2.75, 3.05) is 27.3 Å². The first-order valence-corrected chi connectivity index (χ1v) is 9.89. The molecular formula is C17H23ClN2O6S. The van der Waals surface area contributed by atoms with Gasteiger partial charge in [-0.25, -0.2) is 18.0 Å². The molecule has 0 amide bonds. The largest absolute Gasteiger partial charge is 0.465 e. The molecule has 2 unspecified atom stereocenters. The number of sulfonamides is 1. The Morgan fingerprint density at radius 1 is 1.07 bits per heavy atom. The second-order valence-electron chi connectivity index (χ2n) is 6.41. The number of ether oxygens (including phenoxy) is 2. The number of nitrogens with one attached hydrogen (secondary N) is 1. The first kappa shape index (κ1) is 21.6. The summed E-state index contributed by atoms with van der Waals surface area (Å²) in [6.45, 7) is 1.32. The Balaban J connectivity index is 0.00000261. The van der Waals surface area contributed by atoms with Crippen LogP contribution in [0.25, 0.3) is 0 Å². The smallest absolute Gasteiger partial charge is 0.339 e. The molecule has 0 radical (unpaired) electrons. The van der Waals surface area contributed by atoms with Crippen LogP contribution in [0, 0.1) is 0 Å². The van der Waals surface area contributed by atoms with Crippen molar-refractivity contribution >= 4 is 34.4 Å². The third-order valence-electron chi connectivity index (χ3n) is 4.95. The summed E-state index contributed by atoms with van der Waals surface area (Å²) in [6.07, 6.45) is 2.26. The molecule has 0 aromatic heterocycles. The maximum absolute atomic E-state index is 13.4. The predicted octanol–water partition coefficient (Wildman–Crippen LogP) is 1.20. The zero-order chi connectivity index (χ0) is 18.9. The summed E-state index contributed by atoms with van der Waals surface area (Å²) in [4.78, 5) is 23.8. The van der Waals surface area contributed by atoms with Gasteiger partial charge in [-0.3, -0.25) is 0 Å². The lowest BCUT2D eigenvalue weighted by Crippen LogP contribution is -2.43. The number of nitrogens with zero attached hydrogens (tertiary/aromatic N) is 1. The number of hydrogen-bond acceptors (Lipinski definition) is 7. The number of rotatable bonds is 4. The molecule has 1 aromatic carbocycles. The highest BCUT2D eigenvalue weighted by atomic mass is 35.5. The standard InChI is InChI=1S/C17H22N2O6S.ClH/c1-24-16(20)11-3-6-14(17(21)25-2)15(9-11)26(22,23)19-12-4-5-13(19)10-18-8-7-12;/h3,6,9,12-13,18H,4-5,7-8,10H2,1-2H3;1H. The van der Waals surface area contributed by atoms with Crippen LogP contribution in [0.15, 0.2) is 23.1 Å². The van der Waals surface area contributed by atoms with Crippen LogP contribution >= 0.6 is 12.4 Å². The summed E-state index contributed by atoms with van der Waals surface area (Å²) in [5.74, 6) is -1.43. The summed E-state index contributed by atoms with van der Waals surface area (Å²) in [7, 11) is -1.59. The molecule has 3 rings (SSSR count). The molecule has 0 spiro atoms. The van der Waals surface area contributed by atoms with Crippen molar-refractivity contribution in [3.05, 3.63) is 29.3 Å². The number of carbonyl (C=O) groups is 2. The monoisotopic (exact) mass is 418 g/mol. The number of hydrogen-bond donors (Lipinski definition) is 1. The van der Waals surface area contributed by atoms with Crippen molar-refractivity contribution < 1.29 is 27.5 Å². The zero-order valence-corrected chi connectivity index (χ0v) is 16.8. The molecule has 2 fully saturated rings. The van der Waals surface area contributed by atoms with E-state index in [4.69, 9.17) is 4.74 Å². The summed E-state index contributed by atoms with van der Waals surface area (Å²) in [5, 5.41) is 3.25. The Morgan fingerprint density at radius 3 is 2.41 bits per heavy atom. The van der Waals surface area contributed by atoms with E-state index in [2.05, 4.69) is 10.1 Å². The van der Waals surface area contributed by atoms with Crippen LogP contribution in [0.4, 0.5) is 0 Å². The molecule has 2 heterocycles. The Morgan fingerprint density at radius 2 is 1.74 bits per heavy atom. The normalized spacial score (nSPS) is 22.4. The Kier molecular flexibility index (Phi) is 6.85. The van der Waals surface area contributed by atoms with Crippen LogP contribution in [0.5, 0.6) is 0 Å². The highest BCUT2D eigenvalue weighted by Gasteiger charge is 2.44. The minimum atomic E-state index is -3.99. The molecule has 1 aromatic rings. The topological polar surface area (TPSA) is 102 Å². The summed E-state index contributed by atoms with van der Waals surface area (Å²) in [6, 6.07) is 3.57. The quantitative estimate of drug-likeness (QED) is 0.733. The van der Waals surface area contributed by atoms with E-state index in [1.807, 2.05) is 0 Å². The van der Waals surface area contributed by atoms with Gasteiger partial charge in [-0.05, 0) is 44.0 Å². The fourth-order valence-corrected chi connectivity index (χ4v) is 5.81. The Hall–Kier alpha value is -1.68. The van der Waals surface area contributed by atoms with Gasteiger partial charge in [0.2, 0.25) is 10.0 Å². The highest BCUT2D eigenvalue weighted by molar-refractivity contribution is 7.89. The molecule has 2 atom stereocenters. The van der Waals surface area contributed by atoms with Gasteiger partial charge in [-0.15, -0.1) is 12.4 Å². The average molecular weight is 419 g/mol. The number of halogens is 1. The van der Waals surface area contributed by atoms with Crippen molar-refractivity contribution in [2.45, 2.75) is 36.2 Å². The minimum Gasteiger partial charge on any atom is -0.465 e. The van der Waals surface area contributed by atoms with Crippen LogP contribution in [-0.4, -0.2) is 64.1 Å². The molecule has 0 aliphatic carbocycles. The number of carbonyl (C=O) groups excluding carboxylic acids is 2. The fraction of sp³-hybridized carbons (Fsp3) is 0.529. The van der Waals surface area contributed by atoms with Crippen LogP contribution in [0.1, 0.15) is 40.0 Å². The maximum atomic E-state index is 13.4. The van der Waals surface area contributed by atoms with Crippen LogP contribution in [0.3, 0.4) is 0 Å². The van der Waals surface area contributed by atoms with Gasteiger partial charge in [-0.1, -0.05) is 0 Å². The Labute approximate surface area is 164 Å². The summed E-state index contributed by atoms with van der Waals surface area (Å²) < 4.78 is 37.8. The van der Waals surface area contributed by atoms with Gasteiger partial charge >= 0.3 is 11.9 Å². The number of fused-ring (bicyclic) bond motifs is 2. The maximum Gasteiger partial charge on any atom is 0.339 e. The van der Waals surface area contributed by atoms with E-state index < -0.39 is 22.0 Å². The van der Waals surface area contributed by atoms with E-state index >= 15 is 0 Å². The lowest BCUT2D eigenvalue weighted by Gasteiger charge is -2.27. The van der Waals surface area contributed by atoms with E-state index in [1.54, 1.807) is 0 Å². The predicted molar refractivity (Wildman–Crippen MR) is 99.7 cm³/mol. The van der Waals surface area contributed by atoms with Crippen molar-refractivity contribution in [1.82, 2.24) is 9.62 Å². The van der Waals surface area contributed by atoms with Gasteiger partial charge < -0.3 is 14.8 Å². The average Bonchev–Trinajstić information content (AvgIpc) is 2.93. The first-order valence-electron chi connectivity index (χ1n) is 8.45. The highest BCUT2D eigenvalue weighted by Crippen LogP contribution is 2.35. The minimum absolute atomic E-state index is 0. The number of benzene rings is 1. The third kappa shape index (κ3) is 3.96. The summed E-state index contributed by atoms with van der Waals surface area (Å²) in [5.41, 5.74) is -0.0178. The van der Waals surface area contributed by atoms with E-state index in [-0.39, 0.29) is 40.5 Å². The molecule has 1 N–H and O–H groups in total. The lowest BCUT2D eigenvalue weighted by atomic mass is 10.1. The first-order chi connectivity index (χ1) is 12.4. The van der Waals surface area contributed by atoms with Crippen molar-refractivity contribution in [3.8, 4) is 0 Å². The molecule has 2 aliphatic rings. The van der Waals surface area contributed by atoms with E-state index in [1.165, 1.54) is 36.7 Å². The van der Waals surface area contributed by atoms with Crippen LogP contribution < -0.4 is 5.32 Å². The van der Waals surface area contributed by atoms with E-state index in [0.29, 0.717) is 13.0 Å². The van der Waals surface area contributed by atoms with E-state index in [0.717, 1.165) is 19.4 Å². The molecule has 27 heavy (non-hydrogen) atoms. The van der Waals surface area contributed by atoms with Crippen molar-refractivity contribution in [1.29, 1.82) is 0 Å². The lowest BCUT2D eigenvalue weighted by molar-refractivity contribution is 0.0583. The molecule has 0 saturated carbocycles. The molecular weight excluding hydrogens is 396 g/mol. The molecule has 2 aliphatic heterocycles. The molecule has 10 heteroatoms. The fourth-order valence-electron chi connectivity index (χ4n) is 3.70. The second-order valence-corrected chi connectivity index (χ2v) is 8.22. The van der Waals surface area contributed by atoms with Gasteiger partial charge in [0.05, 0.1) is 30.2 Å². The molecule has 2 saturated heterocycles. The van der Waals surface area contributed by atoms with E-state index in [9.17, 15) is 18.0 Å². The molecule has 2 bridgehead atoms. The van der Waals surface area contributed by atoms with Gasteiger partial charge in [0.15, 0.2) is 0 Å². The second kappa shape index (κ2) is 8.55. The molecule has 150 valence electrons. The number of methoxy groups -OCH3 is 2. The van der Waals surface area contributed by atoms with Gasteiger partial charge in [-0.2, -0.15) is 4.31 Å². The third-order valence-corrected chi connectivity index (χ3v) is 7.00. The summed E-state index contributed by atoms with van der Waals surface area (Å²) >= 11 is 0. The van der Waals surface area contributed by atoms with Crippen molar-refractivity contribution in [2.24, 2.45) is 0 Å². The number of esters is 2. The van der Waals surface area contributed by atoms with Crippen molar-refractivity contribution in [3.63, 3.8) is 0 Å². The Bertz CT molecular complexity index is 815. The van der Waals surface area contributed by atoms with Crippen LogP contribution in [0.2, 0.25) is 0 Å². The van der Waals surface area contributed by atoms with Crippen LogP contribution in [-0.2, 0) is 19.5 Å². The SMILES string of the molecule is COC(=O)c1ccc(C(=O)OC)c(S(=O)(=O)N2C3CCNCC2CC3)c1.Cl. The molecule has 8 nitrogen and oxygen atoms in total.